The molecule has 1 N–H and O–H groups in total. The van der Waals surface area contributed by atoms with Crippen molar-refractivity contribution in [3.05, 3.63) is 11.8 Å². The molecule has 1 heterocycles. The molecular weight excluding hydrogens is 198 g/mol. The van der Waals surface area contributed by atoms with Gasteiger partial charge in [0.2, 0.25) is 0 Å². The number of nitrogens with one attached hydrogen (secondary N) is 1. The van der Waals surface area contributed by atoms with Crippen LogP contribution in [0.5, 0.6) is 0 Å². The minimum Gasteiger partial charge on any atom is -0.359 e. The van der Waals surface area contributed by atoms with E-state index in [2.05, 4.69) is 10.5 Å². The predicted molar refractivity (Wildman–Crippen MR) is 54.3 cm³/mol. The van der Waals surface area contributed by atoms with Crippen LogP contribution >= 0.6 is 0 Å². The molecule has 2 amide bonds. The number of hydrogen-bond acceptors (Lipinski definition) is 4. The summed E-state index contributed by atoms with van der Waals surface area (Å²) >= 11 is 0. The van der Waals surface area contributed by atoms with E-state index < -0.39 is 6.03 Å². The Morgan fingerprint density at radius 3 is 3.07 bits per heavy atom. The molecule has 0 aliphatic heterocycles. The van der Waals surface area contributed by atoms with Gasteiger partial charge in [-0.25, -0.2) is 9.86 Å². The number of aromatic nitrogens is 1. The molecule has 0 spiro atoms. The molecule has 1 aromatic rings. The highest BCUT2D eigenvalue weighted by atomic mass is 16.7. The van der Waals surface area contributed by atoms with Gasteiger partial charge in [-0.1, -0.05) is 12.1 Å². The van der Waals surface area contributed by atoms with Gasteiger partial charge >= 0.3 is 6.03 Å². The number of hydrogen-bond donors (Lipinski definition) is 1. The molecule has 0 atom stereocenters. The van der Waals surface area contributed by atoms with Crippen LogP contribution in [0.15, 0.2) is 10.6 Å². The first-order chi connectivity index (χ1) is 7.17. The average Bonchev–Trinajstić information content (AvgIpc) is 2.65. The molecule has 0 aromatic carbocycles. The lowest BCUT2D eigenvalue weighted by Gasteiger charge is -2.12. The van der Waals surface area contributed by atoms with Gasteiger partial charge in [-0.2, -0.15) is 0 Å². The van der Waals surface area contributed by atoms with Gasteiger partial charge in [-0.15, -0.1) is 0 Å². The van der Waals surface area contributed by atoms with Gasteiger partial charge in [0.15, 0.2) is 5.82 Å². The molecule has 0 radical (unpaired) electrons. The van der Waals surface area contributed by atoms with Crippen LogP contribution in [-0.4, -0.2) is 30.4 Å². The monoisotopic (exact) mass is 213 g/mol. The maximum atomic E-state index is 11.3. The summed E-state index contributed by atoms with van der Waals surface area (Å²) in [6.07, 6.45) is 1.78. The van der Waals surface area contributed by atoms with E-state index in [1.807, 2.05) is 6.92 Å². The lowest BCUT2D eigenvalue weighted by atomic mass is 10.3. The molecule has 15 heavy (non-hydrogen) atoms. The Balaban J connectivity index is 2.53. The fourth-order valence-electron chi connectivity index (χ4n) is 1.01. The van der Waals surface area contributed by atoms with E-state index in [0.29, 0.717) is 5.82 Å². The zero-order chi connectivity index (χ0) is 11.3. The van der Waals surface area contributed by atoms with E-state index in [9.17, 15) is 4.79 Å². The maximum absolute atomic E-state index is 11.3. The van der Waals surface area contributed by atoms with E-state index in [-0.39, 0.29) is 0 Å². The summed E-state index contributed by atoms with van der Waals surface area (Å²) < 4.78 is 5.00. The Labute approximate surface area is 88.1 Å². The number of nitrogens with zero attached hydrogens (tertiary/aromatic N) is 2. The number of hydroxylamine groups is 2. The highest BCUT2D eigenvalue weighted by Crippen LogP contribution is 2.10. The van der Waals surface area contributed by atoms with Crippen LogP contribution in [0.3, 0.4) is 0 Å². The summed E-state index contributed by atoms with van der Waals surface area (Å²) in [5, 5.41) is 7.29. The van der Waals surface area contributed by atoms with E-state index in [4.69, 9.17) is 9.36 Å². The van der Waals surface area contributed by atoms with Crippen LogP contribution in [0, 0.1) is 0 Å². The third-order valence-electron chi connectivity index (χ3n) is 1.85. The molecule has 1 aromatic heterocycles. The second-order valence-corrected chi connectivity index (χ2v) is 3.04. The van der Waals surface area contributed by atoms with Crippen molar-refractivity contribution in [2.45, 2.75) is 19.8 Å². The van der Waals surface area contributed by atoms with Crippen LogP contribution in [-0.2, 0) is 11.3 Å². The molecule has 0 saturated heterocycles. The lowest BCUT2D eigenvalue weighted by molar-refractivity contribution is -0.0598. The number of rotatable bonds is 4. The molecular formula is C9H15N3O3. The molecule has 84 valence electrons. The number of carbonyl (C=O) groups is 1. The Morgan fingerprint density at radius 2 is 2.47 bits per heavy atom. The number of urea groups is 1. The summed E-state index contributed by atoms with van der Waals surface area (Å²) in [6.45, 7) is 2.04. The van der Waals surface area contributed by atoms with Gasteiger partial charge in [0.25, 0.3) is 0 Å². The average molecular weight is 213 g/mol. The third kappa shape index (κ3) is 3.25. The first kappa shape index (κ1) is 11.5. The van der Waals surface area contributed by atoms with Crippen molar-refractivity contribution in [3.8, 4) is 0 Å². The summed E-state index contributed by atoms with van der Waals surface area (Å²) in [5.41, 5.74) is 0. The number of anilines is 1. The molecule has 6 nitrogen and oxygen atoms in total. The van der Waals surface area contributed by atoms with Crippen molar-refractivity contribution in [2.75, 3.05) is 19.5 Å². The SMILES string of the molecule is CCCc1cc(NC(=O)N(C)OC)no1. The molecule has 0 aliphatic carbocycles. The van der Waals surface area contributed by atoms with E-state index in [1.165, 1.54) is 14.2 Å². The molecule has 1 rings (SSSR count). The van der Waals surface area contributed by atoms with Crippen LogP contribution in [0.25, 0.3) is 0 Å². The summed E-state index contributed by atoms with van der Waals surface area (Å²) in [6, 6.07) is 1.30. The Hall–Kier alpha value is -1.56. The molecule has 0 fully saturated rings. The number of amides is 2. The first-order valence-electron chi connectivity index (χ1n) is 4.71. The standard InChI is InChI=1S/C9H15N3O3/c1-4-5-7-6-8(11-15-7)10-9(13)12(2)14-3/h6H,4-5H2,1-3H3,(H,10,11,13). The minimum absolute atomic E-state index is 0.395. The summed E-state index contributed by atoms with van der Waals surface area (Å²) in [7, 11) is 2.91. The van der Waals surface area contributed by atoms with Gasteiger partial charge in [0, 0.05) is 19.5 Å². The fraction of sp³-hybridized carbons (Fsp3) is 0.556. The van der Waals surface area contributed by atoms with E-state index in [0.717, 1.165) is 23.7 Å². The Morgan fingerprint density at radius 1 is 1.73 bits per heavy atom. The first-order valence-corrected chi connectivity index (χ1v) is 4.71. The van der Waals surface area contributed by atoms with Crippen molar-refractivity contribution in [1.82, 2.24) is 10.2 Å². The van der Waals surface area contributed by atoms with Crippen molar-refractivity contribution < 1.29 is 14.2 Å². The Kier molecular flexibility index (Phi) is 4.11. The van der Waals surface area contributed by atoms with Crippen LogP contribution in [0.4, 0.5) is 10.6 Å². The predicted octanol–water partition coefficient (Wildman–Crippen LogP) is 1.65. The van der Waals surface area contributed by atoms with E-state index >= 15 is 0 Å². The highest BCUT2D eigenvalue weighted by Gasteiger charge is 2.10. The summed E-state index contributed by atoms with van der Waals surface area (Å²) in [5.74, 6) is 1.15. The molecule has 6 heteroatoms. The lowest BCUT2D eigenvalue weighted by Crippen LogP contribution is -2.30. The fourth-order valence-corrected chi connectivity index (χ4v) is 1.01. The van der Waals surface area contributed by atoms with Crippen molar-refractivity contribution in [3.63, 3.8) is 0 Å². The van der Waals surface area contributed by atoms with Crippen LogP contribution in [0.1, 0.15) is 19.1 Å². The van der Waals surface area contributed by atoms with Crippen LogP contribution < -0.4 is 5.32 Å². The molecule has 0 unspecified atom stereocenters. The van der Waals surface area contributed by atoms with Gasteiger partial charge in [0.05, 0.1) is 7.11 Å². The van der Waals surface area contributed by atoms with Gasteiger partial charge in [-0.05, 0) is 6.42 Å². The zero-order valence-electron chi connectivity index (χ0n) is 9.11. The summed E-state index contributed by atoms with van der Waals surface area (Å²) in [4.78, 5) is 16.0. The van der Waals surface area contributed by atoms with Crippen molar-refractivity contribution in [1.29, 1.82) is 0 Å². The van der Waals surface area contributed by atoms with E-state index in [1.54, 1.807) is 6.07 Å². The normalized spacial score (nSPS) is 10.1. The molecule has 0 bridgehead atoms. The largest absolute Gasteiger partial charge is 0.359 e. The van der Waals surface area contributed by atoms with Gasteiger partial charge in [0.1, 0.15) is 5.76 Å². The maximum Gasteiger partial charge on any atom is 0.346 e. The molecule has 0 saturated carbocycles. The highest BCUT2D eigenvalue weighted by molar-refractivity contribution is 5.87. The quantitative estimate of drug-likeness (QED) is 0.772. The second kappa shape index (κ2) is 5.35. The van der Waals surface area contributed by atoms with Gasteiger partial charge < -0.3 is 4.52 Å². The van der Waals surface area contributed by atoms with Gasteiger partial charge in [-0.3, -0.25) is 10.2 Å². The third-order valence-corrected chi connectivity index (χ3v) is 1.85. The molecule has 0 aliphatic rings. The minimum atomic E-state index is -0.395. The Bertz CT molecular complexity index is 324. The van der Waals surface area contributed by atoms with Crippen molar-refractivity contribution >= 4 is 11.8 Å². The number of carbonyl (C=O) groups excluding carboxylic acids is 1. The van der Waals surface area contributed by atoms with Crippen LogP contribution in [0.2, 0.25) is 0 Å². The second-order valence-electron chi connectivity index (χ2n) is 3.04. The number of aryl methyl sites for hydroxylation is 1. The topological polar surface area (TPSA) is 67.6 Å². The zero-order valence-corrected chi connectivity index (χ0v) is 9.11. The smallest absolute Gasteiger partial charge is 0.346 e. The van der Waals surface area contributed by atoms with Crippen molar-refractivity contribution in [2.24, 2.45) is 0 Å².